The first kappa shape index (κ1) is 9.99. The Hall–Kier alpha value is -1.20. The largest absolute Gasteiger partial charge is 0.365 e. The monoisotopic (exact) mass is 234 g/mol. The fourth-order valence-corrected chi connectivity index (χ4v) is 3.00. The summed E-state index contributed by atoms with van der Waals surface area (Å²) in [5, 5.41) is 8.97. The number of rotatable bonds is 2. The van der Waals surface area contributed by atoms with E-state index in [9.17, 15) is 0 Å². The smallest absolute Gasteiger partial charge is 0.147 e. The third-order valence-corrected chi connectivity index (χ3v) is 4.03. The van der Waals surface area contributed by atoms with Gasteiger partial charge in [0.15, 0.2) is 0 Å². The maximum absolute atomic E-state index is 4.34. The molecule has 1 fully saturated rings. The van der Waals surface area contributed by atoms with Gasteiger partial charge in [0.25, 0.3) is 0 Å². The predicted molar refractivity (Wildman–Crippen MR) is 67.0 cm³/mol. The maximum Gasteiger partial charge on any atom is 0.147 e. The zero-order chi connectivity index (χ0) is 11.0. The summed E-state index contributed by atoms with van der Waals surface area (Å²) in [6.07, 6.45) is 2.81. The molecule has 1 aliphatic heterocycles. The first-order valence-electron chi connectivity index (χ1n) is 5.50. The highest BCUT2D eigenvalue weighted by Crippen LogP contribution is 2.29. The molecule has 0 bridgehead atoms. The van der Waals surface area contributed by atoms with Gasteiger partial charge in [-0.15, -0.1) is 11.3 Å². The summed E-state index contributed by atoms with van der Waals surface area (Å²) in [6, 6.07) is 0.500. The van der Waals surface area contributed by atoms with Crippen LogP contribution in [-0.2, 0) is 0 Å². The van der Waals surface area contributed by atoms with Gasteiger partial charge in [-0.3, -0.25) is 0 Å². The Kier molecular flexibility index (Phi) is 2.49. The van der Waals surface area contributed by atoms with Crippen molar-refractivity contribution in [2.24, 2.45) is 0 Å². The van der Waals surface area contributed by atoms with Crippen LogP contribution in [-0.4, -0.2) is 29.1 Å². The predicted octanol–water partition coefficient (Wildman–Crippen LogP) is 1.77. The SMILES string of the molecule is Cc1csc2c(NC3CCNC3)ncnc12. The first-order chi connectivity index (χ1) is 7.84. The van der Waals surface area contributed by atoms with Gasteiger partial charge in [-0.05, 0) is 30.8 Å². The molecular weight excluding hydrogens is 220 g/mol. The molecule has 0 saturated carbocycles. The highest BCUT2D eigenvalue weighted by molar-refractivity contribution is 7.18. The van der Waals surface area contributed by atoms with Crippen molar-refractivity contribution in [3.05, 3.63) is 17.3 Å². The highest BCUT2D eigenvalue weighted by Gasteiger charge is 2.16. The Balaban J connectivity index is 1.96. The van der Waals surface area contributed by atoms with Crippen molar-refractivity contribution < 1.29 is 0 Å². The molecule has 0 spiro atoms. The fraction of sp³-hybridized carbons (Fsp3) is 0.455. The standard InChI is InChI=1S/C11H14N4S/c1-7-5-16-10-9(7)13-6-14-11(10)15-8-2-3-12-4-8/h5-6,8,12H,2-4H2,1H3,(H,13,14,15). The van der Waals surface area contributed by atoms with Crippen molar-refractivity contribution in [3.63, 3.8) is 0 Å². The Labute approximate surface area is 98.1 Å². The van der Waals surface area contributed by atoms with Crippen molar-refractivity contribution in [1.29, 1.82) is 0 Å². The van der Waals surface area contributed by atoms with Gasteiger partial charge in [-0.25, -0.2) is 9.97 Å². The van der Waals surface area contributed by atoms with Crippen LogP contribution in [0.4, 0.5) is 5.82 Å². The molecule has 3 rings (SSSR count). The topological polar surface area (TPSA) is 49.8 Å². The normalized spacial score (nSPS) is 20.4. The second-order valence-electron chi connectivity index (χ2n) is 4.15. The zero-order valence-corrected chi connectivity index (χ0v) is 9.97. The minimum atomic E-state index is 0.500. The van der Waals surface area contributed by atoms with E-state index in [1.165, 1.54) is 10.3 Å². The summed E-state index contributed by atoms with van der Waals surface area (Å²) >= 11 is 1.72. The molecule has 3 heterocycles. The summed E-state index contributed by atoms with van der Waals surface area (Å²) in [5.74, 6) is 0.983. The number of aromatic nitrogens is 2. The van der Waals surface area contributed by atoms with E-state index < -0.39 is 0 Å². The number of nitrogens with zero attached hydrogens (tertiary/aromatic N) is 2. The summed E-state index contributed by atoms with van der Waals surface area (Å²) in [5.41, 5.74) is 2.31. The van der Waals surface area contributed by atoms with Crippen molar-refractivity contribution >= 4 is 27.4 Å². The molecule has 16 heavy (non-hydrogen) atoms. The zero-order valence-electron chi connectivity index (χ0n) is 9.16. The number of aryl methyl sites for hydroxylation is 1. The van der Waals surface area contributed by atoms with E-state index in [4.69, 9.17) is 0 Å². The Morgan fingerprint density at radius 1 is 1.50 bits per heavy atom. The lowest BCUT2D eigenvalue weighted by atomic mass is 10.2. The quantitative estimate of drug-likeness (QED) is 0.831. The van der Waals surface area contributed by atoms with Crippen molar-refractivity contribution in [3.8, 4) is 0 Å². The second kappa shape index (κ2) is 3.99. The number of fused-ring (bicyclic) bond motifs is 1. The van der Waals surface area contributed by atoms with Crippen LogP contribution < -0.4 is 10.6 Å². The van der Waals surface area contributed by atoms with Crippen LogP contribution in [0, 0.1) is 6.92 Å². The molecule has 1 unspecified atom stereocenters. The molecule has 0 aromatic carbocycles. The maximum atomic E-state index is 4.34. The van der Waals surface area contributed by atoms with Gasteiger partial charge in [-0.2, -0.15) is 0 Å². The number of thiophene rings is 1. The molecule has 0 radical (unpaired) electrons. The third kappa shape index (κ3) is 1.66. The van der Waals surface area contributed by atoms with Crippen molar-refractivity contribution in [2.75, 3.05) is 18.4 Å². The molecule has 5 heteroatoms. The first-order valence-corrected chi connectivity index (χ1v) is 6.38. The molecule has 2 N–H and O–H groups in total. The second-order valence-corrected chi connectivity index (χ2v) is 5.03. The molecule has 0 aliphatic carbocycles. The van der Waals surface area contributed by atoms with Crippen LogP contribution in [0.25, 0.3) is 10.2 Å². The lowest BCUT2D eigenvalue weighted by Crippen LogP contribution is -2.22. The van der Waals surface area contributed by atoms with Gasteiger partial charge >= 0.3 is 0 Å². The van der Waals surface area contributed by atoms with E-state index in [0.717, 1.165) is 30.8 Å². The minimum absolute atomic E-state index is 0.500. The summed E-state index contributed by atoms with van der Waals surface area (Å²) in [4.78, 5) is 8.66. The average Bonchev–Trinajstić information content (AvgIpc) is 2.90. The average molecular weight is 234 g/mol. The van der Waals surface area contributed by atoms with Gasteiger partial charge in [0.2, 0.25) is 0 Å². The van der Waals surface area contributed by atoms with Gasteiger partial charge < -0.3 is 10.6 Å². The van der Waals surface area contributed by atoms with E-state index in [2.05, 4.69) is 32.9 Å². The van der Waals surface area contributed by atoms with E-state index in [1.54, 1.807) is 17.7 Å². The van der Waals surface area contributed by atoms with Crippen LogP contribution in [0.15, 0.2) is 11.7 Å². The van der Waals surface area contributed by atoms with Crippen molar-refractivity contribution in [1.82, 2.24) is 15.3 Å². The summed E-state index contributed by atoms with van der Waals surface area (Å²) in [6.45, 7) is 4.21. The molecule has 1 aliphatic rings. The number of nitrogens with one attached hydrogen (secondary N) is 2. The molecular formula is C11H14N4S. The molecule has 1 saturated heterocycles. The Morgan fingerprint density at radius 3 is 3.25 bits per heavy atom. The lowest BCUT2D eigenvalue weighted by molar-refractivity contribution is 0.789. The molecule has 2 aromatic heterocycles. The Morgan fingerprint density at radius 2 is 2.44 bits per heavy atom. The molecule has 4 nitrogen and oxygen atoms in total. The summed E-state index contributed by atoms with van der Waals surface area (Å²) < 4.78 is 1.17. The van der Waals surface area contributed by atoms with Gasteiger partial charge in [0, 0.05) is 12.6 Å². The van der Waals surface area contributed by atoms with Crippen molar-refractivity contribution in [2.45, 2.75) is 19.4 Å². The van der Waals surface area contributed by atoms with Crippen LogP contribution >= 0.6 is 11.3 Å². The number of hydrogen-bond acceptors (Lipinski definition) is 5. The van der Waals surface area contributed by atoms with E-state index in [0.29, 0.717) is 6.04 Å². The highest BCUT2D eigenvalue weighted by atomic mass is 32.1. The molecule has 84 valence electrons. The van der Waals surface area contributed by atoms with Gasteiger partial charge in [0.05, 0.1) is 10.2 Å². The van der Waals surface area contributed by atoms with E-state index in [-0.39, 0.29) is 0 Å². The van der Waals surface area contributed by atoms with Crippen LogP contribution in [0.5, 0.6) is 0 Å². The number of anilines is 1. The minimum Gasteiger partial charge on any atom is -0.365 e. The number of hydrogen-bond donors (Lipinski definition) is 2. The van der Waals surface area contributed by atoms with Gasteiger partial charge in [0.1, 0.15) is 12.1 Å². The summed E-state index contributed by atoms with van der Waals surface area (Å²) in [7, 11) is 0. The molecule has 0 amide bonds. The lowest BCUT2D eigenvalue weighted by Gasteiger charge is -2.11. The molecule has 1 atom stereocenters. The third-order valence-electron chi connectivity index (χ3n) is 2.93. The Bertz CT molecular complexity index is 502. The molecule has 2 aromatic rings. The van der Waals surface area contributed by atoms with Crippen LogP contribution in [0.3, 0.4) is 0 Å². The van der Waals surface area contributed by atoms with Crippen LogP contribution in [0.1, 0.15) is 12.0 Å². The van der Waals surface area contributed by atoms with Gasteiger partial charge in [-0.1, -0.05) is 0 Å². The van der Waals surface area contributed by atoms with E-state index in [1.807, 2.05) is 0 Å². The van der Waals surface area contributed by atoms with Crippen LogP contribution in [0.2, 0.25) is 0 Å². The van der Waals surface area contributed by atoms with E-state index >= 15 is 0 Å². The fourth-order valence-electron chi connectivity index (χ4n) is 2.04.